The first-order valence-corrected chi connectivity index (χ1v) is 10.8. The number of nitrogens with zero attached hydrogens (tertiary/aromatic N) is 1. The highest BCUT2D eigenvalue weighted by atomic mass is 127. The van der Waals surface area contributed by atoms with Gasteiger partial charge in [0.2, 0.25) is 5.91 Å². The summed E-state index contributed by atoms with van der Waals surface area (Å²) in [6.07, 6.45) is 4.03. The summed E-state index contributed by atoms with van der Waals surface area (Å²) in [5, 5.41) is 9.32. The van der Waals surface area contributed by atoms with Crippen LogP contribution in [0.15, 0.2) is 29.3 Å². The number of hydrogen-bond donors (Lipinski definition) is 3. The molecule has 8 heteroatoms. The van der Waals surface area contributed by atoms with Crippen LogP contribution in [0.1, 0.15) is 38.7 Å². The van der Waals surface area contributed by atoms with Gasteiger partial charge in [-0.3, -0.25) is 4.79 Å². The minimum absolute atomic E-state index is 0. The Balaban J connectivity index is 0.00000450. The van der Waals surface area contributed by atoms with Gasteiger partial charge in [-0.15, -0.1) is 24.0 Å². The van der Waals surface area contributed by atoms with Gasteiger partial charge in [0.15, 0.2) is 5.96 Å². The fourth-order valence-electron chi connectivity index (χ4n) is 3.11. The van der Waals surface area contributed by atoms with Gasteiger partial charge in [-0.2, -0.15) is 0 Å². The number of carbonyl (C=O) groups is 1. The maximum absolute atomic E-state index is 12.2. The molecule has 0 bridgehead atoms. The summed E-state index contributed by atoms with van der Waals surface area (Å²) < 4.78 is 11.1. The van der Waals surface area contributed by atoms with E-state index in [4.69, 9.17) is 9.47 Å². The molecular weight excluding hydrogens is 495 g/mol. The lowest BCUT2D eigenvalue weighted by molar-refractivity contribution is -0.114. The zero-order chi connectivity index (χ0) is 20.7. The molecule has 2 rings (SSSR count). The van der Waals surface area contributed by atoms with Crippen LogP contribution in [0.2, 0.25) is 0 Å². The SMILES string of the molecule is CCNC(=NCC(=O)Nc1cccc(CC)c1)NCCCOCC1CCOCC1.I. The molecule has 1 saturated heterocycles. The van der Waals surface area contributed by atoms with Crippen LogP contribution in [0, 0.1) is 5.92 Å². The van der Waals surface area contributed by atoms with Crippen LogP contribution in [-0.4, -0.2) is 57.9 Å². The number of anilines is 1. The summed E-state index contributed by atoms with van der Waals surface area (Å²) in [5.41, 5.74) is 2.00. The van der Waals surface area contributed by atoms with Crippen molar-refractivity contribution in [1.82, 2.24) is 10.6 Å². The van der Waals surface area contributed by atoms with Gasteiger partial charge >= 0.3 is 0 Å². The van der Waals surface area contributed by atoms with Crippen molar-refractivity contribution in [2.45, 2.75) is 39.5 Å². The third-order valence-electron chi connectivity index (χ3n) is 4.80. The van der Waals surface area contributed by atoms with E-state index in [1.165, 1.54) is 5.56 Å². The smallest absolute Gasteiger partial charge is 0.246 e. The topological polar surface area (TPSA) is 84.0 Å². The molecule has 0 radical (unpaired) electrons. The Bertz CT molecular complexity index is 637. The minimum atomic E-state index is -0.129. The lowest BCUT2D eigenvalue weighted by Crippen LogP contribution is -2.38. The zero-order valence-electron chi connectivity index (χ0n) is 18.2. The molecule has 170 valence electrons. The van der Waals surface area contributed by atoms with Crippen LogP contribution < -0.4 is 16.0 Å². The largest absolute Gasteiger partial charge is 0.381 e. The first kappa shape index (κ1) is 26.6. The number of guanidine groups is 1. The summed E-state index contributed by atoms with van der Waals surface area (Å²) in [6, 6.07) is 7.89. The predicted molar refractivity (Wildman–Crippen MR) is 133 cm³/mol. The van der Waals surface area contributed by atoms with Crippen molar-refractivity contribution in [2.75, 3.05) is 51.4 Å². The van der Waals surface area contributed by atoms with E-state index >= 15 is 0 Å². The number of hydrogen-bond acceptors (Lipinski definition) is 4. The van der Waals surface area contributed by atoms with Gasteiger partial charge in [-0.05, 0) is 56.2 Å². The quantitative estimate of drug-likeness (QED) is 0.177. The van der Waals surface area contributed by atoms with Crippen LogP contribution >= 0.6 is 24.0 Å². The average Bonchev–Trinajstić information content (AvgIpc) is 2.75. The number of amides is 1. The van der Waals surface area contributed by atoms with Gasteiger partial charge < -0.3 is 25.4 Å². The normalized spacial score (nSPS) is 14.7. The highest BCUT2D eigenvalue weighted by Crippen LogP contribution is 2.14. The number of aryl methyl sites for hydroxylation is 1. The van der Waals surface area contributed by atoms with Gasteiger partial charge in [-0.1, -0.05) is 19.1 Å². The fourth-order valence-corrected chi connectivity index (χ4v) is 3.11. The molecule has 0 aromatic heterocycles. The Kier molecular flexibility index (Phi) is 14.5. The molecule has 1 aliphatic heterocycles. The monoisotopic (exact) mass is 532 g/mol. The van der Waals surface area contributed by atoms with Gasteiger partial charge in [0, 0.05) is 45.2 Å². The van der Waals surface area contributed by atoms with Crippen LogP contribution in [0.5, 0.6) is 0 Å². The molecule has 0 saturated carbocycles. The van der Waals surface area contributed by atoms with E-state index < -0.39 is 0 Å². The third-order valence-corrected chi connectivity index (χ3v) is 4.80. The molecule has 0 aliphatic carbocycles. The lowest BCUT2D eigenvalue weighted by atomic mass is 10.0. The molecule has 7 nitrogen and oxygen atoms in total. The third kappa shape index (κ3) is 11.1. The summed E-state index contributed by atoms with van der Waals surface area (Å²) in [5.74, 6) is 1.15. The lowest BCUT2D eigenvalue weighted by Gasteiger charge is -2.21. The maximum Gasteiger partial charge on any atom is 0.246 e. The number of rotatable bonds is 11. The highest BCUT2D eigenvalue weighted by Gasteiger charge is 2.13. The first-order chi connectivity index (χ1) is 14.2. The molecular formula is C22H37IN4O3. The van der Waals surface area contributed by atoms with E-state index in [1.54, 1.807) is 0 Å². The van der Waals surface area contributed by atoms with E-state index in [0.717, 1.165) is 70.9 Å². The van der Waals surface area contributed by atoms with Gasteiger partial charge in [0.25, 0.3) is 0 Å². The van der Waals surface area contributed by atoms with Gasteiger partial charge in [0.1, 0.15) is 6.54 Å². The second-order valence-corrected chi connectivity index (χ2v) is 7.21. The van der Waals surface area contributed by atoms with Crippen molar-refractivity contribution >= 4 is 41.5 Å². The van der Waals surface area contributed by atoms with E-state index in [-0.39, 0.29) is 36.4 Å². The van der Waals surface area contributed by atoms with Crippen LogP contribution in [-0.2, 0) is 20.7 Å². The van der Waals surface area contributed by atoms with Crippen LogP contribution in [0.25, 0.3) is 0 Å². The summed E-state index contributed by atoms with van der Waals surface area (Å²) in [4.78, 5) is 16.6. The molecule has 1 heterocycles. The highest BCUT2D eigenvalue weighted by molar-refractivity contribution is 14.0. The van der Waals surface area contributed by atoms with Crippen molar-refractivity contribution in [3.63, 3.8) is 0 Å². The molecule has 1 aromatic carbocycles. The second kappa shape index (κ2) is 16.3. The molecule has 1 fully saturated rings. The number of ether oxygens (including phenoxy) is 2. The number of aliphatic imine (C=N–C) groups is 1. The van der Waals surface area contributed by atoms with Crippen molar-refractivity contribution < 1.29 is 14.3 Å². The summed E-state index contributed by atoms with van der Waals surface area (Å²) in [7, 11) is 0. The minimum Gasteiger partial charge on any atom is -0.381 e. The van der Waals surface area contributed by atoms with Crippen LogP contribution in [0.4, 0.5) is 5.69 Å². The molecule has 0 atom stereocenters. The van der Waals surface area contributed by atoms with E-state index in [2.05, 4.69) is 27.9 Å². The predicted octanol–water partition coefficient (Wildman–Crippen LogP) is 3.19. The molecule has 30 heavy (non-hydrogen) atoms. The summed E-state index contributed by atoms with van der Waals surface area (Å²) in [6.45, 7) is 8.92. The fraction of sp³-hybridized carbons (Fsp3) is 0.636. The number of carbonyl (C=O) groups excluding carboxylic acids is 1. The molecule has 3 N–H and O–H groups in total. The van der Waals surface area contributed by atoms with Crippen molar-refractivity contribution in [1.29, 1.82) is 0 Å². The van der Waals surface area contributed by atoms with Crippen molar-refractivity contribution in [2.24, 2.45) is 10.9 Å². The number of benzene rings is 1. The standard InChI is InChI=1S/C22H36N4O3.HI/c1-3-18-7-5-8-20(15-18)26-21(27)16-25-22(23-4-2)24-11-6-12-29-17-19-9-13-28-14-10-19;/h5,7-8,15,19H,3-4,6,9-14,16-17H2,1-2H3,(H,26,27)(H2,23,24,25);1H. The Morgan fingerprint density at radius 2 is 2.03 bits per heavy atom. The number of nitrogens with one attached hydrogen (secondary N) is 3. The van der Waals surface area contributed by atoms with Crippen molar-refractivity contribution in [3.05, 3.63) is 29.8 Å². The average molecular weight is 532 g/mol. The molecule has 1 aliphatic rings. The molecule has 0 unspecified atom stereocenters. The van der Waals surface area contributed by atoms with E-state index in [1.807, 2.05) is 31.2 Å². The Hall–Kier alpha value is -1.39. The van der Waals surface area contributed by atoms with E-state index in [9.17, 15) is 4.79 Å². The van der Waals surface area contributed by atoms with Gasteiger partial charge in [0.05, 0.1) is 0 Å². The second-order valence-electron chi connectivity index (χ2n) is 7.21. The Morgan fingerprint density at radius 3 is 2.77 bits per heavy atom. The van der Waals surface area contributed by atoms with Gasteiger partial charge in [-0.25, -0.2) is 4.99 Å². The molecule has 1 amide bonds. The summed E-state index contributed by atoms with van der Waals surface area (Å²) >= 11 is 0. The molecule has 1 aromatic rings. The first-order valence-electron chi connectivity index (χ1n) is 10.8. The Labute approximate surface area is 197 Å². The van der Waals surface area contributed by atoms with Crippen LogP contribution in [0.3, 0.4) is 0 Å². The van der Waals surface area contributed by atoms with Crippen molar-refractivity contribution in [3.8, 4) is 0 Å². The van der Waals surface area contributed by atoms with E-state index in [0.29, 0.717) is 11.9 Å². The zero-order valence-corrected chi connectivity index (χ0v) is 20.6. The number of halogens is 1. The Morgan fingerprint density at radius 1 is 1.23 bits per heavy atom. The maximum atomic E-state index is 12.2. The molecule has 0 spiro atoms.